The minimum atomic E-state index is -1.14. The van der Waals surface area contributed by atoms with E-state index in [1.165, 1.54) is 4.90 Å². The summed E-state index contributed by atoms with van der Waals surface area (Å²) < 4.78 is 6.31. The number of fused-ring (bicyclic) bond motifs is 1. The van der Waals surface area contributed by atoms with E-state index in [0.717, 1.165) is 15.9 Å². The second-order valence-corrected chi connectivity index (χ2v) is 8.23. The monoisotopic (exact) mass is 381 g/mol. The second kappa shape index (κ2) is 5.97. The number of hydrogen-bond donors (Lipinski definition) is 2. The number of H-pyrrole nitrogens is 1. The van der Waals surface area contributed by atoms with Crippen molar-refractivity contribution in [1.29, 1.82) is 0 Å². The average Bonchev–Trinajstić information content (AvgIpc) is 2.75. The smallest absolute Gasteiger partial charge is 0.410 e. The first-order chi connectivity index (χ1) is 12.0. The van der Waals surface area contributed by atoms with Gasteiger partial charge < -0.3 is 14.7 Å². The average molecular weight is 381 g/mol. The van der Waals surface area contributed by atoms with E-state index in [-0.39, 0.29) is 28.2 Å². The van der Waals surface area contributed by atoms with E-state index in [1.807, 2.05) is 0 Å². The van der Waals surface area contributed by atoms with Crippen molar-refractivity contribution in [3.05, 3.63) is 31.3 Å². The van der Waals surface area contributed by atoms with Gasteiger partial charge in [0.25, 0.3) is 5.56 Å². The summed E-state index contributed by atoms with van der Waals surface area (Å²) in [4.78, 5) is 52.6. The minimum Gasteiger partial charge on any atom is -0.477 e. The molecule has 10 heteroatoms. The first kappa shape index (κ1) is 18.2. The van der Waals surface area contributed by atoms with Crippen LogP contribution in [0, 0.1) is 6.92 Å². The number of aromatic carboxylic acids is 1. The molecule has 0 aromatic carbocycles. The number of carbonyl (C=O) groups excluding carboxylic acids is 1. The maximum Gasteiger partial charge on any atom is 0.410 e. The number of amides is 1. The molecule has 1 aliphatic heterocycles. The quantitative estimate of drug-likeness (QED) is 0.814. The maximum atomic E-state index is 12.8. The van der Waals surface area contributed by atoms with Crippen molar-refractivity contribution < 1.29 is 19.4 Å². The standard InChI is InChI=1S/C16H19N3O6S/c1-7-9-11(26-10(7)13(21)22)17-14(23)19(12(9)20)8-5-18(6-8)15(24)25-16(2,3)4/h8H,5-6H2,1-4H3,(H,17,23)(H,21,22). The van der Waals surface area contributed by atoms with Gasteiger partial charge in [0, 0.05) is 13.1 Å². The lowest BCUT2D eigenvalue weighted by molar-refractivity contribution is 0.000175. The van der Waals surface area contributed by atoms with Crippen molar-refractivity contribution in [2.45, 2.75) is 39.3 Å². The van der Waals surface area contributed by atoms with Crippen LogP contribution >= 0.6 is 11.3 Å². The zero-order valence-corrected chi connectivity index (χ0v) is 15.6. The number of rotatable bonds is 2. The van der Waals surface area contributed by atoms with E-state index in [1.54, 1.807) is 27.7 Å². The van der Waals surface area contributed by atoms with Crippen molar-refractivity contribution in [3.63, 3.8) is 0 Å². The second-order valence-electron chi connectivity index (χ2n) is 7.21. The van der Waals surface area contributed by atoms with Gasteiger partial charge in [-0.3, -0.25) is 14.3 Å². The molecule has 2 aromatic heterocycles. The predicted octanol–water partition coefficient (Wildman–Crippen LogP) is 1.55. The number of nitrogens with one attached hydrogen (secondary N) is 1. The Balaban J connectivity index is 1.92. The first-order valence-electron chi connectivity index (χ1n) is 7.98. The molecule has 2 N–H and O–H groups in total. The van der Waals surface area contributed by atoms with E-state index < -0.39 is 35.0 Å². The third-order valence-corrected chi connectivity index (χ3v) is 5.29. The number of likely N-dealkylation sites (tertiary alicyclic amines) is 1. The Kier molecular flexibility index (Phi) is 4.18. The van der Waals surface area contributed by atoms with E-state index >= 15 is 0 Å². The fourth-order valence-corrected chi connectivity index (χ4v) is 3.89. The molecule has 1 fully saturated rings. The topological polar surface area (TPSA) is 122 Å². The summed E-state index contributed by atoms with van der Waals surface area (Å²) >= 11 is 0.865. The number of carbonyl (C=O) groups is 2. The van der Waals surface area contributed by atoms with Crippen LogP contribution in [0.3, 0.4) is 0 Å². The third kappa shape index (κ3) is 3.00. The molecule has 1 aliphatic rings. The van der Waals surface area contributed by atoms with Gasteiger partial charge in [0.15, 0.2) is 0 Å². The number of hydrogen-bond acceptors (Lipinski definition) is 6. The molecule has 1 amide bonds. The summed E-state index contributed by atoms with van der Waals surface area (Å²) in [5.74, 6) is -1.14. The minimum absolute atomic E-state index is 0.0227. The lowest BCUT2D eigenvalue weighted by atomic mass is 10.1. The highest BCUT2D eigenvalue weighted by Gasteiger charge is 2.37. The zero-order chi connectivity index (χ0) is 19.4. The van der Waals surface area contributed by atoms with Crippen LogP contribution in [-0.4, -0.2) is 50.3 Å². The lowest BCUT2D eigenvalue weighted by Gasteiger charge is -2.39. The van der Waals surface area contributed by atoms with Crippen LogP contribution in [0.1, 0.15) is 42.0 Å². The van der Waals surface area contributed by atoms with Crippen molar-refractivity contribution in [2.75, 3.05) is 13.1 Å². The first-order valence-corrected chi connectivity index (χ1v) is 8.80. The van der Waals surface area contributed by atoms with E-state index in [2.05, 4.69) is 4.98 Å². The summed E-state index contributed by atoms with van der Waals surface area (Å²) in [5, 5.41) is 9.40. The molecular weight excluding hydrogens is 362 g/mol. The van der Waals surface area contributed by atoms with E-state index in [0.29, 0.717) is 5.56 Å². The van der Waals surface area contributed by atoms with E-state index in [9.17, 15) is 24.3 Å². The Morgan fingerprint density at radius 3 is 2.42 bits per heavy atom. The molecule has 1 saturated heterocycles. The number of nitrogens with zero attached hydrogens (tertiary/aromatic N) is 2. The number of aryl methyl sites for hydroxylation is 1. The van der Waals surface area contributed by atoms with Crippen LogP contribution < -0.4 is 11.2 Å². The van der Waals surface area contributed by atoms with Crippen LogP contribution in [-0.2, 0) is 4.74 Å². The molecule has 0 saturated carbocycles. The highest BCUT2D eigenvalue weighted by molar-refractivity contribution is 7.20. The van der Waals surface area contributed by atoms with Crippen molar-refractivity contribution >= 4 is 33.6 Å². The largest absolute Gasteiger partial charge is 0.477 e. The van der Waals surface area contributed by atoms with Gasteiger partial charge in [-0.25, -0.2) is 14.4 Å². The van der Waals surface area contributed by atoms with Crippen LogP contribution in [0.25, 0.3) is 10.2 Å². The Morgan fingerprint density at radius 2 is 1.88 bits per heavy atom. The van der Waals surface area contributed by atoms with Gasteiger partial charge in [0.1, 0.15) is 15.3 Å². The van der Waals surface area contributed by atoms with Crippen LogP contribution in [0.4, 0.5) is 4.79 Å². The van der Waals surface area contributed by atoms with Gasteiger partial charge in [-0.05, 0) is 33.3 Å². The summed E-state index contributed by atoms with van der Waals surface area (Å²) in [6, 6.07) is -0.476. The Hall–Kier alpha value is -2.62. The number of ether oxygens (including phenoxy) is 1. The van der Waals surface area contributed by atoms with Gasteiger partial charge in [-0.15, -0.1) is 11.3 Å². The maximum absolute atomic E-state index is 12.8. The third-order valence-electron chi connectivity index (χ3n) is 4.09. The molecule has 140 valence electrons. The molecule has 3 heterocycles. The van der Waals surface area contributed by atoms with Gasteiger partial charge in [-0.1, -0.05) is 0 Å². The summed E-state index contributed by atoms with van der Waals surface area (Å²) in [5.41, 5.74) is -1.46. The molecule has 0 aliphatic carbocycles. The van der Waals surface area contributed by atoms with Crippen LogP contribution in [0.15, 0.2) is 9.59 Å². The number of carboxylic acid groups (broad SMARTS) is 1. The summed E-state index contributed by atoms with van der Waals surface area (Å²) in [6.45, 7) is 7.16. The zero-order valence-electron chi connectivity index (χ0n) is 14.8. The molecule has 0 bridgehead atoms. The molecular formula is C16H19N3O6S. The highest BCUT2D eigenvalue weighted by atomic mass is 32.1. The van der Waals surface area contributed by atoms with Crippen LogP contribution in [0.5, 0.6) is 0 Å². The number of aromatic amines is 1. The Morgan fingerprint density at radius 1 is 1.27 bits per heavy atom. The lowest BCUT2D eigenvalue weighted by Crippen LogP contribution is -2.56. The van der Waals surface area contributed by atoms with Crippen molar-refractivity contribution in [3.8, 4) is 0 Å². The Labute approximate surface area is 151 Å². The fraction of sp³-hybridized carbons (Fsp3) is 0.500. The number of thiophene rings is 1. The highest BCUT2D eigenvalue weighted by Crippen LogP contribution is 2.27. The van der Waals surface area contributed by atoms with E-state index in [4.69, 9.17) is 4.74 Å². The van der Waals surface area contributed by atoms with Crippen molar-refractivity contribution in [1.82, 2.24) is 14.5 Å². The molecule has 3 rings (SSSR count). The molecule has 2 aromatic rings. The SMILES string of the molecule is Cc1c(C(=O)O)sc2[nH]c(=O)n(C3CN(C(=O)OC(C)(C)C)C3)c(=O)c12. The normalized spacial score (nSPS) is 15.2. The fourth-order valence-electron chi connectivity index (χ4n) is 2.86. The molecule has 26 heavy (non-hydrogen) atoms. The van der Waals surface area contributed by atoms with Gasteiger partial charge in [0.2, 0.25) is 0 Å². The molecule has 0 spiro atoms. The molecule has 0 unspecified atom stereocenters. The Bertz CT molecular complexity index is 1020. The van der Waals surface area contributed by atoms with Crippen LogP contribution in [0.2, 0.25) is 0 Å². The van der Waals surface area contributed by atoms with Gasteiger partial charge in [-0.2, -0.15) is 0 Å². The number of carboxylic acids is 1. The van der Waals surface area contributed by atoms with Gasteiger partial charge in [0.05, 0.1) is 11.4 Å². The molecule has 0 atom stereocenters. The van der Waals surface area contributed by atoms with Crippen molar-refractivity contribution in [2.24, 2.45) is 0 Å². The molecule has 9 nitrogen and oxygen atoms in total. The number of aromatic nitrogens is 2. The van der Waals surface area contributed by atoms with Gasteiger partial charge >= 0.3 is 17.8 Å². The summed E-state index contributed by atoms with van der Waals surface area (Å²) in [6.07, 6.45) is -0.501. The molecule has 0 radical (unpaired) electrons. The summed E-state index contributed by atoms with van der Waals surface area (Å²) in [7, 11) is 0. The predicted molar refractivity (Wildman–Crippen MR) is 95.2 cm³/mol.